The van der Waals surface area contributed by atoms with Crippen LogP contribution in [-0.4, -0.2) is 5.91 Å². The molecule has 2 rings (SSSR count). The Bertz CT molecular complexity index is 603. The Morgan fingerprint density at radius 3 is 2.89 bits per heavy atom. The van der Waals surface area contributed by atoms with Crippen LogP contribution in [0.5, 0.6) is 5.75 Å². The van der Waals surface area contributed by atoms with Crippen LogP contribution in [0.3, 0.4) is 0 Å². The van der Waals surface area contributed by atoms with Crippen molar-refractivity contribution in [3.8, 4) is 5.75 Å². The van der Waals surface area contributed by atoms with Gasteiger partial charge in [-0.25, -0.2) is 10.2 Å². The van der Waals surface area contributed by atoms with E-state index in [9.17, 15) is 9.18 Å². The second-order valence-electron chi connectivity index (χ2n) is 3.60. The molecule has 0 spiro atoms. The molecular weight excluding hydrogens is 335 g/mol. The number of benzene rings is 1. The standard InChI is InChI=1S/C12H10BrFN2O2S/c13-9-5-7(1-3-10(9)14)18-6-8-2-4-11(19-8)12(17)16-15/h1-5H,6,15H2,(H,16,17). The van der Waals surface area contributed by atoms with Gasteiger partial charge >= 0.3 is 0 Å². The molecule has 0 fully saturated rings. The molecule has 7 heteroatoms. The maximum atomic E-state index is 13.0. The first kappa shape index (κ1) is 14.0. The van der Waals surface area contributed by atoms with Gasteiger partial charge in [-0.3, -0.25) is 10.2 Å². The average molecular weight is 345 g/mol. The normalized spacial score (nSPS) is 10.3. The predicted molar refractivity (Wildman–Crippen MR) is 74.4 cm³/mol. The molecule has 0 radical (unpaired) electrons. The molecule has 4 nitrogen and oxygen atoms in total. The van der Waals surface area contributed by atoms with Gasteiger partial charge in [0.15, 0.2) is 0 Å². The van der Waals surface area contributed by atoms with E-state index in [1.165, 1.54) is 17.4 Å². The molecule has 0 saturated heterocycles. The monoisotopic (exact) mass is 344 g/mol. The van der Waals surface area contributed by atoms with Gasteiger partial charge in [0.25, 0.3) is 5.91 Å². The fraction of sp³-hybridized carbons (Fsp3) is 0.0833. The van der Waals surface area contributed by atoms with Crippen molar-refractivity contribution >= 4 is 33.2 Å². The second-order valence-corrected chi connectivity index (χ2v) is 5.63. The Labute approximate surface area is 121 Å². The molecule has 0 unspecified atom stereocenters. The third-order valence-corrected chi connectivity index (χ3v) is 3.95. The van der Waals surface area contributed by atoms with Gasteiger partial charge in [-0.2, -0.15) is 0 Å². The van der Waals surface area contributed by atoms with Gasteiger partial charge in [0.1, 0.15) is 18.2 Å². The SMILES string of the molecule is NNC(=O)c1ccc(COc2ccc(F)c(Br)c2)s1. The second kappa shape index (κ2) is 6.14. The number of hydrazine groups is 1. The van der Waals surface area contributed by atoms with Crippen LogP contribution in [0.25, 0.3) is 0 Å². The van der Waals surface area contributed by atoms with Crippen molar-refractivity contribution in [2.45, 2.75) is 6.61 Å². The number of carbonyl (C=O) groups is 1. The number of amides is 1. The summed E-state index contributed by atoms with van der Waals surface area (Å²) in [6.07, 6.45) is 0. The number of hydrogen-bond acceptors (Lipinski definition) is 4. The lowest BCUT2D eigenvalue weighted by molar-refractivity contribution is 0.0957. The molecule has 1 heterocycles. The third kappa shape index (κ3) is 3.52. The van der Waals surface area contributed by atoms with E-state index in [1.54, 1.807) is 24.3 Å². The van der Waals surface area contributed by atoms with Crippen LogP contribution in [0.15, 0.2) is 34.8 Å². The summed E-state index contributed by atoms with van der Waals surface area (Å²) in [4.78, 5) is 12.7. The molecule has 1 aromatic heterocycles. The number of hydrogen-bond donors (Lipinski definition) is 2. The Morgan fingerprint density at radius 1 is 1.42 bits per heavy atom. The number of ether oxygens (including phenoxy) is 1. The highest BCUT2D eigenvalue weighted by atomic mass is 79.9. The van der Waals surface area contributed by atoms with Crippen LogP contribution in [0.2, 0.25) is 0 Å². The lowest BCUT2D eigenvalue weighted by Gasteiger charge is -2.05. The van der Waals surface area contributed by atoms with Gasteiger partial charge in [0.2, 0.25) is 0 Å². The van der Waals surface area contributed by atoms with Gasteiger partial charge in [-0.1, -0.05) is 0 Å². The maximum Gasteiger partial charge on any atom is 0.275 e. The number of rotatable bonds is 4. The highest BCUT2D eigenvalue weighted by Gasteiger charge is 2.08. The van der Waals surface area contributed by atoms with E-state index in [1.807, 2.05) is 0 Å². The van der Waals surface area contributed by atoms with E-state index in [2.05, 4.69) is 21.4 Å². The van der Waals surface area contributed by atoms with Gasteiger partial charge < -0.3 is 4.74 Å². The molecular formula is C12H10BrFN2O2S. The van der Waals surface area contributed by atoms with Crippen molar-refractivity contribution < 1.29 is 13.9 Å². The van der Waals surface area contributed by atoms with Crippen LogP contribution >= 0.6 is 27.3 Å². The lowest BCUT2D eigenvalue weighted by atomic mass is 10.3. The summed E-state index contributed by atoms with van der Waals surface area (Å²) >= 11 is 4.37. The number of nitrogen functional groups attached to an aromatic ring is 1. The van der Waals surface area contributed by atoms with Crippen molar-refractivity contribution in [3.05, 3.63) is 50.4 Å². The summed E-state index contributed by atoms with van der Waals surface area (Å²) in [7, 11) is 0. The topological polar surface area (TPSA) is 64.3 Å². The first-order chi connectivity index (χ1) is 9.10. The zero-order chi connectivity index (χ0) is 13.8. The Balaban J connectivity index is 2.00. The van der Waals surface area contributed by atoms with Gasteiger partial charge in [0, 0.05) is 4.88 Å². The molecule has 1 amide bonds. The fourth-order valence-corrected chi connectivity index (χ4v) is 2.55. The molecule has 0 atom stereocenters. The van der Waals surface area contributed by atoms with Crippen LogP contribution < -0.4 is 16.0 Å². The number of halogens is 2. The van der Waals surface area contributed by atoms with E-state index in [-0.39, 0.29) is 11.7 Å². The quantitative estimate of drug-likeness (QED) is 0.509. The molecule has 0 aliphatic rings. The van der Waals surface area contributed by atoms with Gasteiger partial charge in [-0.05, 0) is 46.3 Å². The van der Waals surface area contributed by atoms with E-state index in [4.69, 9.17) is 10.6 Å². The van der Waals surface area contributed by atoms with E-state index < -0.39 is 0 Å². The first-order valence-corrected chi connectivity index (χ1v) is 6.88. The smallest absolute Gasteiger partial charge is 0.275 e. The molecule has 100 valence electrons. The van der Waals surface area contributed by atoms with Crippen LogP contribution in [0.4, 0.5) is 4.39 Å². The fourth-order valence-electron chi connectivity index (χ4n) is 1.37. The largest absolute Gasteiger partial charge is 0.488 e. The summed E-state index contributed by atoms with van der Waals surface area (Å²) in [6, 6.07) is 7.87. The highest BCUT2D eigenvalue weighted by Crippen LogP contribution is 2.23. The minimum atomic E-state index is -0.342. The van der Waals surface area contributed by atoms with Crippen molar-refractivity contribution in [1.29, 1.82) is 0 Å². The molecule has 0 aliphatic carbocycles. The van der Waals surface area contributed by atoms with E-state index >= 15 is 0 Å². The zero-order valence-electron chi connectivity index (χ0n) is 9.65. The summed E-state index contributed by atoms with van der Waals surface area (Å²) in [6.45, 7) is 0.306. The van der Waals surface area contributed by atoms with Crippen LogP contribution in [-0.2, 0) is 6.61 Å². The zero-order valence-corrected chi connectivity index (χ0v) is 12.1. The van der Waals surface area contributed by atoms with Crippen LogP contribution in [0, 0.1) is 5.82 Å². The van der Waals surface area contributed by atoms with E-state index in [0.717, 1.165) is 4.88 Å². The van der Waals surface area contributed by atoms with Gasteiger partial charge in [0.05, 0.1) is 9.35 Å². The van der Waals surface area contributed by atoms with Crippen LogP contribution in [0.1, 0.15) is 14.5 Å². The Morgan fingerprint density at radius 2 is 2.21 bits per heavy atom. The number of nitrogens with one attached hydrogen (secondary N) is 1. The molecule has 19 heavy (non-hydrogen) atoms. The summed E-state index contributed by atoms with van der Waals surface area (Å²) in [5.74, 6) is 4.92. The van der Waals surface area contributed by atoms with Crippen molar-refractivity contribution in [3.63, 3.8) is 0 Å². The predicted octanol–water partition coefficient (Wildman–Crippen LogP) is 2.83. The third-order valence-electron chi connectivity index (χ3n) is 2.29. The molecule has 3 N–H and O–H groups in total. The molecule has 1 aromatic carbocycles. The van der Waals surface area contributed by atoms with Crippen molar-refractivity contribution in [2.24, 2.45) is 5.84 Å². The van der Waals surface area contributed by atoms with E-state index in [0.29, 0.717) is 21.7 Å². The Kier molecular flexibility index (Phi) is 4.52. The molecule has 2 aromatic rings. The van der Waals surface area contributed by atoms with Crippen molar-refractivity contribution in [1.82, 2.24) is 5.43 Å². The minimum absolute atomic E-state index is 0.306. The summed E-state index contributed by atoms with van der Waals surface area (Å²) in [5, 5.41) is 0. The first-order valence-electron chi connectivity index (χ1n) is 5.27. The van der Waals surface area contributed by atoms with Gasteiger partial charge in [-0.15, -0.1) is 11.3 Å². The lowest BCUT2D eigenvalue weighted by Crippen LogP contribution is -2.29. The number of nitrogens with two attached hydrogens (primary N) is 1. The number of carbonyl (C=O) groups excluding carboxylic acids is 1. The summed E-state index contributed by atoms with van der Waals surface area (Å²) in [5.41, 5.74) is 2.06. The highest BCUT2D eigenvalue weighted by molar-refractivity contribution is 9.10. The summed E-state index contributed by atoms with van der Waals surface area (Å²) < 4.78 is 18.9. The van der Waals surface area contributed by atoms with Crippen molar-refractivity contribution in [2.75, 3.05) is 0 Å². The minimum Gasteiger partial charge on any atom is -0.488 e. The maximum absolute atomic E-state index is 13.0. The molecule has 0 aliphatic heterocycles. The number of thiophene rings is 1. The Hall–Kier alpha value is -1.44. The molecule has 0 bridgehead atoms. The average Bonchev–Trinajstić information content (AvgIpc) is 2.88. The molecule has 0 saturated carbocycles.